The first-order chi connectivity index (χ1) is 16.0. The van der Waals surface area contributed by atoms with E-state index in [1.54, 1.807) is 49.7 Å². The minimum absolute atomic E-state index is 0.159. The largest absolute Gasteiger partial charge is 0.496 e. The van der Waals surface area contributed by atoms with E-state index in [9.17, 15) is 4.79 Å². The molecular weight excluding hydrogens is 461 g/mol. The topological polar surface area (TPSA) is 65.4 Å². The van der Waals surface area contributed by atoms with Crippen molar-refractivity contribution in [1.82, 2.24) is 9.78 Å². The van der Waals surface area contributed by atoms with Crippen LogP contribution in [-0.4, -0.2) is 22.8 Å². The van der Waals surface area contributed by atoms with Crippen LogP contribution in [0.5, 0.6) is 11.5 Å². The number of methoxy groups -OCH3 is 1. The normalized spacial score (nSPS) is 10.6. The summed E-state index contributed by atoms with van der Waals surface area (Å²) in [5, 5.41) is 7.86. The van der Waals surface area contributed by atoms with E-state index >= 15 is 0 Å². The summed E-state index contributed by atoms with van der Waals surface area (Å²) in [5.74, 6) is 0.823. The Labute approximate surface area is 201 Å². The molecule has 1 heterocycles. The number of carbonyl (C=O) groups is 1. The molecule has 33 heavy (non-hydrogen) atoms. The van der Waals surface area contributed by atoms with Gasteiger partial charge in [-0.15, -0.1) is 0 Å². The van der Waals surface area contributed by atoms with Crippen molar-refractivity contribution in [2.45, 2.75) is 13.2 Å². The van der Waals surface area contributed by atoms with Gasteiger partial charge in [0.15, 0.2) is 0 Å². The number of hydrogen-bond acceptors (Lipinski definition) is 4. The van der Waals surface area contributed by atoms with Gasteiger partial charge >= 0.3 is 0 Å². The fraction of sp³-hybridized carbons (Fsp3) is 0.120. The number of rotatable bonds is 8. The summed E-state index contributed by atoms with van der Waals surface area (Å²) in [4.78, 5) is 12.8. The van der Waals surface area contributed by atoms with Crippen LogP contribution in [0.2, 0.25) is 10.0 Å². The smallest absolute Gasteiger partial charge is 0.255 e. The van der Waals surface area contributed by atoms with E-state index in [0.29, 0.717) is 44.9 Å². The summed E-state index contributed by atoms with van der Waals surface area (Å²) in [7, 11) is 1.57. The first-order valence-electron chi connectivity index (χ1n) is 10.1. The number of amides is 1. The van der Waals surface area contributed by atoms with Crippen molar-refractivity contribution >= 4 is 34.8 Å². The third-order valence-corrected chi connectivity index (χ3v) is 5.76. The highest BCUT2D eigenvalue weighted by atomic mass is 35.5. The van der Waals surface area contributed by atoms with Crippen LogP contribution in [0, 0.1) is 0 Å². The number of anilines is 1. The zero-order chi connectivity index (χ0) is 23.2. The lowest BCUT2D eigenvalue weighted by Gasteiger charge is -2.13. The highest BCUT2D eigenvalue weighted by Gasteiger charge is 2.13. The van der Waals surface area contributed by atoms with E-state index in [0.717, 1.165) is 5.56 Å². The highest BCUT2D eigenvalue weighted by Crippen LogP contribution is 2.32. The third kappa shape index (κ3) is 5.66. The third-order valence-electron chi connectivity index (χ3n) is 4.96. The molecule has 0 atom stereocenters. The van der Waals surface area contributed by atoms with Gasteiger partial charge in [0.25, 0.3) is 5.91 Å². The van der Waals surface area contributed by atoms with Crippen molar-refractivity contribution < 1.29 is 14.3 Å². The van der Waals surface area contributed by atoms with Gasteiger partial charge in [0.1, 0.15) is 23.1 Å². The number of nitrogens with one attached hydrogen (secondary N) is 1. The minimum atomic E-state index is -0.237. The van der Waals surface area contributed by atoms with E-state index in [1.807, 2.05) is 41.2 Å². The molecular formula is C25H21Cl2N3O3. The Bertz CT molecular complexity index is 1240. The maximum atomic E-state index is 12.8. The molecule has 8 heteroatoms. The van der Waals surface area contributed by atoms with Crippen LogP contribution in [0.25, 0.3) is 0 Å². The fourth-order valence-corrected chi connectivity index (χ4v) is 3.61. The molecule has 0 aliphatic heterocycles. The molecule has 0 aliphatic rings. The summed E-state index contributed by atoms with van der Waals surface area (Å²) in [6, 6.07) is 19.9. The molecule has 1 aromatic heterocycles. The van der Waals surface area contributed by atoms with E-state index in [1.165, 1.54) is 0 Å². The second-order valence-corrected chi connectivity index (χ2v) is 8.01. The van der Waals surface area contributed by atoms with Gasteiger partial charge in [0.05, 0.1) is 18.7 Å². The molecule has 6 nitrogen and oxygen atoms in total. The Morgan fingerprint density at radius 1 is 1.03 bits per heavy atom. The Hall–Kier alpha value is -3.48. The summed E-state index contributed by atoms with van der Waals surface area (Å²) in [6.07, 6.45) is 3.65. The van der Waals surface area contributed by atoms with E-state index in [2.05, 4.69) is 10.4 Å². The minimum Gasteiger partial charge on any atom is -0.496 e. The van der Waals surface area contributed by atoms with Crippen LogP contribution in [0.15, 0.2) is 79.1 Å². The lowest BCUT2D eigenvalue weighted by molar-refractivity contribution is 0.102. The molecule has 4 aromatic rings. The Balaban J connectivity index is 1.44. The molecule has 1 amide bonds. The number of benzene rings is 3. The summed E-state index contributed by atoms with van der Waals surface area (Å²) >= 11 is 12.2. The van der Waals surface area contributed by atoms with E-state index in [-0.39, 0.29) is 12.5 Å². The molecule has 0 spiro atoms. The Morgan fingerprint density at radius 3 is 2.58 bits per heavy atom. The van der Waals surface area contributed by atoms with Crippen molar-refractivity contribution in [3.8, 4) is 11.5 Å². The van der Waals surface area contributed by atoms with Crippen LogP contribution in [0.1, 0.15) is 21.5 Å². The van der Waals surface area contributed by atoms with Gasteiger partial charge in [-0.05, 0) is 54.1 Å². The van der Waals surface area contributed by atoms with E-state index < -0.39 is 0 Å². The molecule has 0 aliphatic carbocycles. The average molecular weight is 482 g/mol. The van der Waals surface area contributed by atoms with Gasteiger partial charge in [-0.25, -0.2) is 0 Å². The van der Waals surface area contributed by atoms with Gasteiger partial charge in [-0.3, -0.25) is 9.48 Å². The maximum absolute atomic E-state index is 12.8. The van der Waals surface area contributed by atoms with Crippen LogP contribution < -0.4 is 14.8 Å². The maximum Gasteiger partial charge on any atom is 0.255 e. The second kappa shape index (κ2) is 10.4. The standard InChI is InChI=1S/C25H21Cl2N3O3/c1-32-22-11-8-18(14-19(22)16-33-23-5-2-4-21(26)24(23)27)25(31)29-20-9-6-17(7-10-20)15-30-13-3-12-28-30/h2-14H,15-16H2,1H3,(H,29,31). The van der Waals surface area contributed by atoms with Crippen LogP contribution in [0.4, 0.5) is 5.69 Å². The summed E-state index contributed by atoms with van der Waals surface area (Å²) < 4.78 is 13.1. The zero-order valence-electron chi connectivity index (χ0n) is 17.8. The van der Waals surface area contributed by atoms with Gasteiger partial charge in [-0.2, -0.15) is 5.10 Å². The molecule has 0 fully saturated rings. The van der Waals surface area contributed by atoms with Crippen molar-refractivity contribution in [3.63, 3.8) is 0 Å². The predicted molar refractivity (Wildman–Crippen MR) is 130 cm³/mol. The van der Waals surface area contributed by atoms with Crippen LogP contribution in [0.3, 0.4) is 0 Å². The van der Waals surface area contributed by atoms with E-state index in [4.69, 9.17) is 32.7 Å². The van der Waals surface area contributed by atoms with Crippen LogP contribution >= 0.6 is 23.2 Å². The molecule has 0 unspecified atom stereocenters. The second-order valence-electron chi connectivity index (χ2n) is 7.22. The number of hydrogen-bond donors (Lipinski definition) is 1. The van der Waals surface area contributed by atoms with Gasteiger partial charge < -0.3 is 14.8 Å². The number of halogens is 2. The Kier molecular flexibility index (Phi) is 7.17. The molecule has 0 saturated carbocycles. The fourth-order valence-electron chi connectivity index (χ4n) is 3.26. The molecule has 0 bridgehead atoms. The molecule has 168 valence electrons. The molecule has 3 aromatic carbocycles. The molecule has 0 saturated heterocycles. The number of nitrogens with zero attached hydrogens (tertiary/aromatic N) is 2. The van der Waals surface area contributed by atoms with Crippen molar-refractivity contribution in [2.75, 3.05) is 12.4 Å². The monoisotopic (exact) mass is 481 g/mol. The summed E-state index contributed by atoms with van der Waals surface area (Å²) in [5.41, 5.74) is 2.96. The Morgan fingerprint density at radius 2 is 1.85 bits per heavy atom. The SMILES string of the molecule is COc1ccc(C(=O)Nc2ccc(Cn3cccn3)cc2)cc1COc1cccc(Cl)c1Cl. The highest BCUT2D eigenvalue weighted by molar-refractivity contribution is 6.42. The van der Waals surface area contributed by atoms with Gasteiger partial charge in [-0.1, -0.05) is 41.4 Å². The first-order valence-corrected chi connectivity index (χ1v) is 10.9. The van der Waals surface area contributed by atoms with Crippen molar-refractivity contribution in [1.29, 1.82) is 0 Å². The predicted octanol–water partition coefficient (Wildman–Crippen LogP) is 6.08. The quantitative estimate of drug-likeness (QED) is 0.331. The first kappa shape index (κ1) is 22.7. The lowest BCUT2D eigenvalue weighted by atomic mass is 10.1. The number of carbonyl (C=O) groups excluding carboxylic acids is 1. The van der Waals surface area contributed by atoms with Gasteiger partial charge in [0.2, 0.25) is 0 Å². The number of aromatic nitrogens is 2. The number of ether oxygens (including phenoxy) is 2. The molecule has 0 radical (unpaired) electrons. The van der Waals surface area contributed by atoms with Crippen molar-refractivity contribution in [2.24, 2.45) is 0 Å². The van der Waals surface area contributed by atoms with Crippen LogP contribution in [-0.2, 0) is 13.2 Å². The molecule has 1 N–H and O–H groups in total. The van der Waals surface area contributed by atoms with Crippen molar-refractivity contribution in [3.05, 3.63) is 106 Å². The molecule has 4 rings (SSSR count). The lowest BCUT2D eigenvalue weighted by Crippen LogP contribution is -2.13. The summed E-state index contributed by atoms with van der Waals surface area (Å²) in [6.45, 7) is 0.826. The average Bonchev–Trinajstić information content (AvgIpc) is 3.34. The van der Waals surface area contributed by atoms with Gasteiger partial charge in [0, 0.05) is 29.2 Å². The zero-order valence-corrected chi connectivity index (χ0v) is 19.3.